The van der Waals surface area contributed by atoms with E-state index >= 15 is 0 Å². The van der Waals surface area contributed by atoms with Crippen LogP contribution in [0.25, 0.3) is 0 Å². The third kappa shape index (κ3) is 2.48. The normalized spacial score (nSPS) is 20.1. The largest absolute Gasteiger partial charge is 0.127 e. The van der Waals surface area contributed by atoms with Crippen LogP contribution in [0, 0.1) is 11.8 Å². The Morgan fingerprint density at radius 3 is 2.20 bits per heavy atom. The topological polar surface area (TPSA) is 0 Å². The van der Waals surface area contributed by atoms with Crippen molar-refractivity contribution >= 4 is 18.5 Å². The highest BCUT2D eigenvalue weighted by atomic mass is 31.1. The molecule has 0 aromatic carbocycles. The van der Waals surface area contributed by atoms with Crippen LogP contribution in [0.3, 0.4) is 0 Å². The molecule has 2 atom stereocenters. The fourth-order valence-electron chi connectivity index (χ4n) is 1.06. The molecule has 0 aliphatic heterocycles. The van der Waals surface area contributed by atoms with E-state index < -0.39 is 0 Å². The highest BCUT2D eigenvalue weighted by Crippen LogP contribution is 2.47. The minimum absolute atomic E-state index is 0.418. The molecular weight excluding hydrogens is 158 g/mol. The van der Waals surface area contributed by atoms with Crippen LogP contribution in [0.2, 0.25) is 0 Å². The van der Waals surface area contributed by atoms with Gasteiger partial charge in [0.25, 0.3) is 0 Å². The summed E-state index contributed by atoms with van der Waals surface area (Å²) in [4.78, 5) is 0.418. The highest BCUT2D eigenvalue weighted by Gasteiger charge is 2.32. The van der Waals surface area contributed by atoms with Gasteiger partial charge in [-0.05, 0) is 18.3 Å². The van der Waals surface area contributed by atoms with Crippen molar-refractivity contribution in [1.29, 1.82) is 0 Å². The maximum Gasteiger partial charge on any atom is 0.00183 e. The van der Waals surface area contributed by atoms with E-state index in [1.54, 1.807) is 0 Å². The van der Waals surface area contributed by atoms with Crippen LogP contribution in [0.15, 0.2) is 0 Å². The molecule has 0 amide bonds. The summed E-state index contributed by atoms with van der Waals surface area (Å²) in [5.41, 5.74) is 0. The Kier molecular flexibility index (Phi) is 2.75. The lowest BCUT2D eigenvalue weighted by molar-refractivity contribution is 0.507. The van der Waals surface area contributed by atoms with Gasteiger partial charge in [-0.25, -0.2) is 0 Å². The van der Waals surface area contributed by atoms with Crippen molar-refractivity contribution < 1.29 is 0 Å². The van der Waals surface area contributed by atoms with Gasteiger partial charge in [0.05, 0.1) is 0 Å². The fraction of sp³-hybridized carbons (Fsp3) is 1.00. The summed E-state index contributed by atoms with van der Waals surface area (Å²) >= 11 is 0. The maximum absolute atomic E-state index is 2.98. The van der Waals surface area contributed by atoms with Gasteiger partial charge in [0.15, 0.2) is 0 Å². The lowest BCUT2D eigenvalue weighted by Gasteiger charge is -2.28. The summed E-state index contributed by atoms with van der Waals surface area (Å²) in [6, 6.07) is 0. The first-order valence-electron chi connectivity index (χ1n) is 4.10. The fourth-order valence-corrected chi connectivity index (χ4v) is 1.72. The first-order chi connectivity index (χ1) is 4.52. The molecule has 0 aromatic rings. The van der Waals surface area contributed by atoms with Crippen molar-refractivity contribution in [3.8, 4) is 0 Å². The van der Waals surface area contributed by atoms with Gasteiger partial charge in [0, 0.05) is 4.90 Å². The van der Waals surface area contributed by atoms with Crippen molar-refractivity contribution in [3.63, 3.8) is 0 Å². The Morgan fingerprint density at radius 2 is 1.90 bits per heavy atom. The molecule has 1 fully saturated rings. The van der Waals surface area contributed by atoms with Gasteiger partial charge in [-0.15, -0.1) is 18.5 Å². The Hall–Kier alpha value is 0.860. The summed E-state index contributed by atoms with van der Waals surface area (Å²) in [5.74, 6) is 1.81. The molecule has 1 rings (SSSR count). The lowest BCUT2D eigenvalue weighted by Crippen LogP contribution is -2.19. The van der Waals surface area contributed by atoms with Gasteiger partial charge >= 0.3 is 0 Å². The molecular formula is C8H18P2. The average Bonchev–Trinajstić information content (AvgIpc) is 2.48. The van der Waals surface area contributed by atoms with E-state index in [-0.39, 0.29) is 0 Å². The lowest BCUT2D eigenvalue weighted by atomic mass is 10.0. The summed E-state index contributed by atoms with van der Waals surface area (Å²) in [6.45, 7) is 4.59. The summed E-state index contributed by atoms with van der Waals surface area (Å²) in [6.07, 6.45) is 4.31. The number of hydrogen-bond donors (Lipinski definition) is 0. The Balaban J connectivity index is 2.33. The molecule has 60 valence electrons. The minimum Gasteiger partial charge on any atom is -0.127 e. The zero-order chi connectivity index (χ0) is 7.78. The second kappa shape index (κ2) is 3.08. The van der Waals surface area contributed by atoms with Gasteiger partial charge in [-0.1, -0.05) is 26.7 Å². The molecule has 0 saturated heterocycles. The molecule has 1 saturated carbocycles. The zero-order valence-electron chi connectivity index (χ0n) is 6.93. The van der Waals surface area contributed by atoms with Crippen molar-refractivity contribution in [1.82, 2.24) is 0 Å². The van der Waals surface area contributed by atoms with Crippen molar-refractivity contribution in [2.75, 3.05) is 0 Å². The van der Waals surface area contributed by atoms with Gasteiger partial charge in [-0.3, -0.25) is 0 Å². The van der Waals surface area contributed by atoms with E-state index in [0.29, 0.717) is 4.90 Å². The Labute approximate surface area is 68.9 Å². The molecule has 1 aliphatic rings. The number of rotatable bonds is 3. The summed E-state index contributed by atoms with van der Waals surface area (Å²) in [5, 5.41) is 0. The monoisotopic (exact) mass is 176 g/mol. The molecule has 0 nitrogen and oxygen atoms in total. The maximum atomic E-state index is 2.98. The van der Waals surface area contributed by atoms with Gasteiger partial charge in [0.2, 0.25) is 0 Å². The Bertz CT molecular complexity index is 114. The Morgan fingerprint density at radius 1 is 1.40 bits per heavy atom. The first-order valence-corrected chi connectivity index (χ1v) is 5.25. The predicted molar refractivity (Wildman–Crippen MR) is 54.3 cm³/mol. The van der Waals surface area contributed by atoms with Crippen LogP contribution in [-0.2, 0) is 0 Å². The van der Waals surface area contributed by atoms with Crippen molar-refractivity contribution in [3.05, 3.63) is 0 Å². The smallest absolute Gasteiger partial charge is 0.00183 e. The highest BCUT2D eigenvalue weighted by molar-refractivity contribution is 7.39. The molecule has 2 heteroatoms. The third-order valence-electron chi connectivity index (χ3n) is 2.41. The van der Waals surface area contributed by atoms with Crippen LogP contribution in [-0.4, -0.2) is 4.90 Å². The van der Waals surface area contributed by atoms with E-state index in [4.69, 9.17) is 0 Å². The van der Waals surface area contributed by atoms with Crippen molar-refractivity contribution in [2.24, 2.45) is 11.8 Å². The zero-order valence-corrected chi connectivity index (χ0v) is 9.24. The SMILES string of the molecule is CC(C)C(P)(P)CC1CC1. The van der Waals surface area contributed by atoms with E-state index in [9.17, 15) is 0 Å². The predicted octanol–water partition coefficient (Wildman–Crippen LogP) is 2.89. The standard InChI is InChI=1S/C8H18P2/c1-6(2)8(9,10)5-7-3-4-7/h6-7H,3-5,9-10H2,1-2H3. The van der Waals surface area contributed by atoms with Gasteiger partial charge in [0.1, 0.15) is 0 Å². The molecule has 0 N–H and O–H groups in total. The van der Waals surface area contributed by atoms with E-state index in [0.717, 1.165) is 11.8 Å². The van der Waals surface area contributed by atoms with E-state index in [1.165, 1.54) is 19.3 Å². The third-order valence-corrected chi connectivity index (χ3v) is 4.22. The molecule has 2 unspecified atom stereocenters. The quantitative estimate of drug-likeness (QED) is 0.580. The second-order valence-corrected chi connectivity index (χ2v) is 6.73. The van der Waals surface area contributed by atoms with E-state index in [1.807, 2.05) is 0 Å². The molecule has 1 aliphatic carbocycles. The molecule has 10 heavy (non-hydrogen) atoms. The van der Waals surface area contributed by atoms with E-state index in [2.05, 4.69) is 32.3 Å². The molecule has 0 bridgehead atoms. The van der Waals surface area contributed by atoms with Gasteiger partial charge in [-0.2, -0.15) is 0 Å². The molecule has 0 spiro atoms. The molecule has 0 radical (unpaired) electrons. The van der Waals surface area contributed by atoms with Crippen LogP contribution >= 0.6 is 18.5 Å². The second-order valence-electron chi connectivity index (χ2n) is 3.91. The van der Waals surface area contributed by atoms with Crippen LogP contribution in [0.1, 0.15) is 33.1 Å². The van der Waals surface area contributed by atoms with Gasteiger partial charge < -0.3 is 0 Å². The van der Waals surface area contributed by atoms with Crippen molar-refractivity contribution in [2.45, 2.75) is 38.0 Å². The van der Waals surface area contributed by atoms with Crippen LogP contribution in [0.5, 0.6) is 0 Å². The summed E-state index contributed by atoms with van der Waals surface area (Å²) in [7, 11) is 5.96. The first kappa shape index (κ1) is 8.95. The molecule has 0 heterocycles. The molecule has 0 aromatic heterocycles. The average molecular weight is 176 g/mol. The van der Waals surface area contributed by atoms with Crippen LogP contribution in [0.4, 0.5) is 0 Å². The summed E-state index contributed by atoms with van der Waals surface area (Å²) < 4.78 is 0. The van der Waals surface area contributed by atoms with Crippen LogP contribution < -0.4 is 0 Å². The minimum atomic E-state index is 0.418. The number of hydrogen-bond acceptors (Lipinski definition) is 0.